The van der Waals surface area contributed by atoms with Crippen molar-refractivity contribution in [1.82, 2.24) is 4.90 Å². The third kappa shape index (κ3) is 7.80. The molecule has 0 bridgehead atoms. The molecule has 0 saturated carbocycles. The first-order valence-corrected chi connectivity index (χ1v) is 6.87. The molecule has 0 aliphatic heterocycles. The van der Waals surface area contributed by atoms with Crippen LogP contribution in [-0.4, -0.2) is 73.0 Å². The predicted molar refractivity (Wildman–Crippen MR) is 74.6 cm³/mol. The zero-order valence-electron chi connectivity index (χ0n) is 13.6. The highest BCUT2D eigenvalue weighted by atomic mass is 19.3. The third-order valence-electron chi connectivity index (χ3n) is 2.69. The quantitative estimate of drug-likeness (QED) is 0.512. The second-order valence-electron chi connectivity index (χ2n) is 6.11. The minimum atomic E-state index is -4.12. The van der Waals surface area contributed by atoms with Crippen molar-refractivity contribution in [3.63, 3.8) is 0 Å². The lowest BCUT2D eigenvalue weighted by Gasteiger charge is -2.29. The van der Waals surface area contributed by atoms with Gasteiger partial charge in [0.2, 0.25) is 0 Å². The molecule has 10 heteroatoms. The molecule has 1 amide bonds. The van der Waals surface area contributed by atoms with E-state index in [1.165, 1.54) is 7.05 Å². The monoisotopic (exact) mass is 348 g/mol. The summed E-state index contributed by atoms with van der Waals surface area (Å²) >= 11 is 0. The lowest BCUT2D eigenvalue weighted by atomic mass is 10.1. The topological polar surface area (TPSA) is 85.0 Å². The highest BCUT2D eigenvalue weighted by Crippen LogP contribution is 2.29. The van der Waals surface area contributed by atoms with Gasteiger partial charge in [0.25, 0.3) is 11.8 Å². The Morgan fingerprint density at radius 3 is 2.17 bits per heavy atom. The molecule has 0 heterocycles. The van der Waals surface area contributed by atoms with Gasteiger partial charge in [-0.1, -0.05) is 0 Å². The van der Waals surface area contributed by atoms with Gasteiger partial charge in [0.15, 0.2) is 0 Å². The molecule has 0 aromatic heterocycles. The molecule has 1 unspecified atom stereocenters. The Labute approximate surface area is 132 Å². The summed E-state index contributed by atoms with van der Waals surface area (Å²) in [7, 11) is 1.38. The van der Waals surface area contributed by atoms with Crippen LogP contribution in [0.4, 0.5) is 22.4 Å². The van der Waals surface area contributed by atoms with E-state index in [0.29, 0.717) is 0 Å². The summed E-state index contributed by atoms with van der Waals surface area (Å²) in [5, 5.41) is 8.36. The summed E-state index contributed by atoms with van der Waals surface area (Å²) in [6.45, 7) is 1.46. The largest absolute Gasteiger partial charge is 0.444 e. The fraction of sp³-hybridized carbons (Fsp3) is 0.923. The Morgan fingerprint density at radius 1 is 1.22 bits per heavy atom. The number of likely N-dealkylation sites (N-methyl/N-ethyl adjacent to an activating group) is 1. The molecule has 0 spiro atoms. The van der Waals surface area contributed by atoms with Crippen molar-refractivity contribution in [3.05, 3.63) is 0 Å². The van der Waals surface area contributed by atoms with Gasteiger partial charge in [0.05, 0.1) is 6.61 Å². The van der Waals surface area contributed by atoms with E-state index >= 15 is 0 Å². The molecule has 0 radical (unpaired) electrons. The molecular weight excluding hydrogens is 324 g/mol. The van der Waals surface area contributed by atoms with Crippen molar-refractivity contribution in [2.24, 2.45) is 5.73 Å². The highest BCUT2D eigenvalue weighted by Gasteiger charge is 2.52. The third-order valence-corrected chi connectivity index (χ3v) is 2.69. The van der Waals surface area contributed by atoms with Gasteiger partial charge in [-0.2, -0.15) is 0 Å². The molecular formula is C13H24F4N2O4. The predicted octanol–water partition coefficient (Wildman–Crippen LogP) is 1.46. The van der Waals surface area contributed by atoms with E-state index in [1.807, 2.05) is 0 Å². The van der Waals surface area contributed by atoms with Crippen molar-refractivity contribution in [3.8, 4) is 0 Å². The first kappa shape index (κ1) is 21.9. The van der Waals surface area contributed by atoms with Crippen LogP contribution in [-0.2, 0) is 9.47 Å². The van der Waals surface area contributed by atoms with Crippen LogP contribution >= 0.6 is 0 Å². The Morgan fingerprint density at radius 2 is 1.74 bits per heavy atom. The molecule has 0 fully saturated rings. The van der Waals surface area contributed by atoms with Gasteiger partial charge < -0.3 is 25.2 Å². The average Bonchev–Trinajstić information content (AvgIpc) is 2.40. The number of aliphatic hydroxyl groups is 1. The summed E-state index contributed by atoms with van der Waals surface area (Å²) < 4.78 is 62.5. The number of nitrogens with two attached hydrogens (primary N) is 1. The van der Waals surface area contributed by atoms with Crippen LogP contribution < -0.4 is 5.73 Å². The lowest BCUT2D eigenvalue weighted by Crippen LogP contribution is -2.57. The van der Waals surface area contributed by atoms with E-state index in [4.69, 9.17) is 15.6 Å². The number of nitrogens with zero attached hydrogens (tertiary/aromatic N) is 1. The smallest absolute Gasteiger partial charge is 0.410 e. The Bertz CT molecular complexity index is 389. The number of aliphatic hydroxyl groups excluding tert-OH is 1. The maximum atomic E-state index is 13.5. The van der Waals surface area contributed by atoms with E-state index in [-0.39, 0.29) is 13.2 Å². The Balaban J connectivity index is 4.27. The van der Waals surface area contributed by atoms with Gasteiger partial charge >= 0.3 is 6.09 Å². The van der Waals surface area contributed by atoms with Gasteiger partial charge in [-0.05, 0) is 20.8 Å². The number of hydrogen-bond acceptors (Lipinski definition) is 5. The summed E-state index contributed by atoms with van der Waals surface area (Å²) in [6.07, 6.45) is -0.670. The minimum Gasteiger partial charge on any atom is -0.444 e. The zero-order valence-corrected chi connectivity index (χ0v) is 13.6. The SMILES string of the molecule is CN(CCOCC(F)(F)C(N)C(F)(F)CO)C(=O)OC(C)(C)C. The van der Waals surface area contributed by atoms with Crippen LogP contribution in [0.3, 0.4) is 0 Å². The summed E-state index contributed by atoms with van der Waals surface area (Å²) in [6, 6.07) is -2.87. The first-order chi connectivity index (χ1) is 10.2. The normalized spacial score (nSPS) is 14.5. The van der Waals surface area contributed by atoms with Gasteiger partial charge in [-0.3, -0.25) is 0 Å². The van der Waals surface area contributed by atoms with E-state index < -0.39 is 42.8 Å². The van der Waals surface area contributed by atoms with Gasteiger partial charge in [-0.15, -0.1) is 0 Å². The molecule has 1 atom stereocenters. The average molecular weight is 348 g/mol. The van der Waals surface area contributed by atoms with Crippen molar-refractivity contribution in [2.75, 3.05) is 33.4 Å². The number of carbonyl (C=O) groups excluding carboxylic acids is 1. The second-order valence-corrected chi connectivity index (χ2v) is 6.11. The molecule has 0 aromatic carbocycles. The fourth-order valence-corrected chi connectivity index (χ4v) is 1.34. The van der Waals surface area contributed by atoms with Crippen molar-refractivity contribution in [2.45, 2.75) is 44.3 Å². The summed E-state index contributed by atoms with van der Waals surface area (Å²) in [4.78, 5) is 12.7. The number of ether oxygens (including phenoxy) is 2. The minimum absolute atomic E-state index is 0.0728. The maximum absolute atomic E-state index is 13.5. The summed E-state index contributed by atoms with van der Waals surface area (Å²) in [5.74, 6) is -8.16. The van der Waals surface area contributed by atoms with Crippen LogP contribution in [0.25, 0.3) is 0 Å². The number of amides is 1. The fourth-order valence-electron chi connectivity index (χ4n) is 1.34. The molecule has 0 aromatic rings. The Kier molecular flexibility index (Phi) is 7.71. The highest BCUT2D eigenvalue weighted by molar-refractivity contribution is 5.67. The first-order valence-electron chi connectivity index (χ1n) is 6.87. The standard InChI is InChI=1S/C13H24F4N2O4/c1-11(2,3)23-10(21)19(4)5-6-22-8-13(16,17)9(18)12(14,15)7-20/h9,20H,5-8,18H2,1-4H3. The number of rotatable bonds is 8. The molecule has 0 rings (SSSR count). The molecule has 0 saturated heterocycles. The maximum Gasteiger partial charge on any atom is 0.410 e. The number of halogens is 4. The van der Waals surface area contributed by atoms with Crippen molar-refractivity contribution < 1.29 is 36.9 Å². The number of carbonyl (C=O) groups is 1. The Hall–Kier alpha value is -1.13. The molecule has 6 nitrogen and oxygen atoms in total. The van der Waals surface area contributed by atoms with Crippen LogP contribution in [0.1, 0.15) is 20.8 Å². The summed E-state index contributed by atoms with van der Waals surface area (Å²) in [5.41, 5.74) is 4.07. The molecule has 138 valence electrons. The van der Waals surface area contributed by atoms with E-state index in [1.54, 1.807) is 20.8 Å². The van der Waals surface area contributed by atoms with Gasteiger partial charge in [0.1, 0.15) is 24.9 Å². The van der Waals surface area contributed by atoms with E-state index in [0.717, 1.165) is 4.90 Å². The molecule has 0 aliphatic carbocycles. The number of alkyl halides is 4. The van der Waals surface area contributed by atoms with Crippen LogP contribution in [0, 0.1) is 0 Å². The molecule has 0 aliphatic rings. The van der Waals surface area contributed by atoms with Crippen molar-refractivity contribution >= 4 is 6.09 Å². The van der Waals surface area contributed by atoms with E-state index in [9.17, 15) is 22.4 Å². The second kappa shape index (κ2) is 8.11. The zero-order chi connectivity index (χ0) is 18.5. The molecule has 3 N–H and O–H groups in total. The van der Waals surface area contributed by atoms with Gasteiger partial charge in [-0.25, -0.2) is 22.4 Å². The van der Waals surface area contributed by atoms with Crippen LogP contribution in [0.5, 0.6) is 0 Å². The van der Waals surface area contributed by atoms with E-state index in [2.05, 4.69) is 4.74 Å². The lowest BCUT2D eigenvalue weighted by molar-refractivity contribution is -0.173. The van der Waals surface area contributed by atoms with Gasteiger partial charge in [0, 0.05) is 13.6 Å². The van der Waals surface area contributed by atoms with Crippen molar-refractivity contribution in [1.29, 1.82) is 0 Å². The number of hydrogen-bond donors (Lipinski definition) is 2. The molecule has 23 heavy (non-hydrogen) atoms. The van der Waals surface area contributed by atoms with Crippen LogP contribution in [0.15, 0.2) is 0 Å². The van der Waals surface area contributed by atoms with Crippen LogP contribution in [0.2, 0.25) is 0 Å².